The van der Waals surface area contributed by atoms with Gasteiger partial charge in [-0.3, -0.25) is 24.1 Å². The standard InChI is InChI=1S/C56H63F3N8O6/c1-34(2)47(51(72)66-33-42(68)27-46(66)49(70)62-31-37-11-9-36(29-60)10-12-37)67-32-40-17-19-41(26-44(40)50(67)71)65-24-22-64(23-25-65)21-7-8-35-13-15-38(16-14-35)48(69)63-52-54(3,4)53(55(52,5)6)73-43-20-18-39(30-61)45(28-43)56(57,58)59/h9-20,26,28,34,42,46-47,52-53,68H,7-8,21-25,27,31-33H2,1-6H3,(H,62,70)(H,63,69)/t42-,46+,47+,52-,53-/m1/s1. The molecule has 3 heterocycles. The Bertz CT molecular complexity index is 2800. The van der Waals surface area contributed by atoms with Crippen molar-refractivity contribution >= 4 is 29.3 Å². The van der Waals surface area contributed by atoms with Crippen molar-refractivity contribution in [3.8, 4) is 17.9 Å². The monoisotopic (exact) mass is 1000 g/mol. The van der Waals surface area contributed by atoms with Gasteiger partial charge >= 0.3 is 6.18 Å². The van der Waals surface area contributed by atoms with Gasteiger partial charge in [-0.25, -0.2) is 0 Å². The van der Waals surface area contributed by atoms with Gasteiger partial charge in [-0.1, -0.05) is 71.9 Å². The Morgan fingerprint density at radius 2 is 1.55 bits per heavy atom. The van der Waals surface area contributed by atoms with Crippen LogP contribution in [0.25, 0.3) is 0 Å². The number of rotatable bonds is 15. The fourth-order valence-corrected chi connectivity index (χ4v) is 11.6. The van der Waals surface area contributed by atoms with Crippen LogP contribution in [0.3, 0.4) is 0 Å². The first-order valence-corrected chi connectivity index (χ1v) is 24.9. The summed E-state index contributed by atoms with van der Waals surface area (Å²) >= 11 is 0. The molecule has 4 aromatic carbocycles. The molecule has 4 aromatic rings. The summed E-state index contributed by atoms with van der Waals surface area (Å²) in [5.74, 6) is -1.50. The summed E-state index contributed by atoms with van der Waals surface area (Å²) in [5.41, 5.74) is 2.47. The maximum absolute atomic E-state index is 14.3. The van der Waals surface area contributed by atoms with E-state index in [2.05, 4.69) is 26.5 Å². The normalized spacial score (nSPS) is 21.7. The number of halogens is 3. The highest BCUT2D eigenvalue weighted by Gasteiger charge is 2.64. The maximum Gasteiger partial charge on any atom is 0.417 e. The first-order valence-electron chi connectivity index (χ1n) is 24.9. The molecular formula is C56H63F3N8O6. The first-order chi connectivity index (χ1) is 34.6. The molecule has 3 fully saturated rings. The van der Waals surface area contributed by atoms with E-state index in [1.807, 2.05) is 84.0 Å². The molecule has 384 valence electrons. The van der Waals surface area contributed by atoms with E-state index in [4.69, 9.17) is 10.00 Å². The van der Waals surface area contributed by atoms with Crippen LogP contribution in [0.2, 0.25) is 0 Å². The Morgan fingerprint density at radius 1 is 0.877 bits per heavy atom. The van der Waals surface area contributed by atoms with Gasteiger partial charge in [0.05, 0.1) is 34.9 Å². The number of anilines is 1. The molecule has 3 N–H and O–H groups in total. The van der Waals surface area contributed by atoms with Crippen molar-refractivity contribution < 1.29 is 42.2 Å². The van der Waals surface area contributed by atoms with E-state index in [1.54, 1.807) is 35.2 Å². The molecule has 4 amide bonds. The van der Waals surface area contributed by atoms with Gasteiger partial charge in [0.25, 0.3) is 11.8 Å². The molecule has 73 heavy (non-hydrogen) atoms. The number of alkyl halides is 3. The molecule has 2 saturated heterocycles. The molecule has 4 aliphatic rings. The molecule has 3 aliphatic heterocycles. The number of fused-ring (bicyclic) bond motifs is 1. The van der Waals surface area contributed by atoms with Crippen LogP contribution in [0.1, 0.15) is 108 Å². The summed E-state index contributed by atoms with van der Waals surface area (Å²) in [4.78, 5) is 63.2. The number of piperazine rings is 1. The number of nitrogens with one attached hydrogen (secondary N) is 2. The van der Waals surface area contributed by atoms with Crippen molar-refractivity contribution in [2.24, 2.45) is 16.7 Å². The Labute approximate surface area is 424 Å². The minimum Gasteiger partial charge on any atom is -0.489 e. The Hall–Kier alpha value is -6.95. The number of amides is 4. The number of nitriles is 2. The van der Waals surface area contributed by atoms with Gasteiger partial charge in [0.1, 0.15) is 23.9 Å². The van der Waals surface area contributed by atoms with Gasteiger partial charge in [0.15, 0.2) is 0 Å². The van der Waals surface area contributed by atoms with Gasteiger partial charge < -0.3 is 35.2 Å². The summed E-state index contributed by atoms with van der Waals surface area (Å²) in [5, 5.41) is 35.0. The Morgan fingerprint density at radius 3 is 2.18 bits per heavy atom. The largest absolute Gasteiger partial charge is 0.489 e. The molecule has 17 heteroatoms. The number of aliphatic hydroxyl groups excluding tert-OH is 1. The van der Waals surface area contributed by atoms with E-state index < -0.39 is 58.3 Å². The third-order valence-corrected chi connectivity index (χ3v) is 15.2. The number of aryl methyl sites for hydroxylation is 1. The number of likely N-dealkylation sites (tertiary alicyclic amines) is 1. The number of aliphatic hydroxyl groups is 1. The van der Waals surface area contributed by atoms with Crippen molar-refractivity contribution in [2.45, 2.75) is 110 Å². The molecule has 0 spiro atoms. The van der Waals surface area contributed by atoms with E-state index in [1.165, 1.54) is 11.0 Å². The van der Waals surface area contributed by atoms with E-state index >= 15 is 0 Å². The number of carbonyl (C=O) groups excluding carboxylic acids is 4. The van der Waals surface area contributed by atoms with E-state index in [0.717, 1.165) is 80.1 Å². The summed E-state index contributed by atoms with van der Waals surface area (Å²) in [6, 6.07) is 25.2. The summed E-state index contributed by atoms with van der Waals surface area (Å²) in [6.07, 6.45) is -4.27. The molecule has 0 unspecified atom stereocenters. The lowest BCUT2D eigenvalue weighted by atomic mass is 9.49. The van der Waals surface area contributed by atoms with Gasteiger partial charge in [-0.15, -0.1) is 0 Å². The molecule has 0 bridgehead atoms. The first kappa shape index (κ1) is 52.4. The fraction of sp³-hybridized carbons (Fsp3) is 0.464. The lowest BCUT2D eigenvalue weighted by Gasteiger charge is -2.63. The van der Waals surface area contributed by atoms with Crippen molar-refractivity contribution in [1.29, 1.82) is 10.5 Å². The predicted octanol–water partition coefficient (Wildman–Crippen LogP) is 7.07. The smallest absolute Gasteiger partial charge is 0.417 e. The second-order valence-corrected chi connectivity index (χ2v) is 21.4. The van der Waals surface area contributed by atoms with Gasteiger partial charge in [-0.2, -0.15) is 23.7 Å². The summed E-state index contributed by atoms with van der Waals surface area (Å²) in [7, 11) is 0. The number of benzene rings is 4. The number of hydrogen-bond acceptors (Lipinski definition) is 10. The molecule has 1 saturated carbocycles. The van der Waals surface area contributed by atoms with Crippen molar-refractivity contribution in [1.82, 2.24) is 25.3 Å². The number of hydrogen-bond donors (Lipinski definition) is 3. The van der Waals surface area contributed by atoms with Crippen LogP contribution in [-0.4, -0.2) is 113 Å². The quantitative estimate of drug-likeness (QED) is 0.111. The predicted molar refractivity (Wildman–Crippen MR) is 267 cm³/mol. The van der Waals surface area contributed by atoms with Crippen molar-refractivity contribution in [3.05, 3.63) is 129 Å². The second-order valence-electron chi connectivity index (χ2n) is 21.4. The molecule has 0 radical (unpaired) electrons. The number of nitrogens with zero attached hydrogens (tertiary/aromatic N) is 6. The summed E-state index contributed by atoms with van der Waals surface area (Å²) in [6.45, 7) is 16.0. The average Bonchev–Trinajstić information content (AvgIpc) is 3.92. The van der Waals surface area contributed by atoms with Crippen LogP contribution >= 0.6 is 0 Å². The highest BCUT2D eigenvalue weighted by Crippen LogP contribution is 2.56. The molecule has 0 aromatic heterocycles. The fourth-order valence-electron chi connectivity index (χ4n) is 11.6. The number of β-amino-alcohol motifs (C(OH)–C–C–N with tert-alkyl or cyclic N) is 1. The van der Waals surface area contributed by atoms with Gasteiger partial charge in [-0.05, 0) is 96.6 Å². The zero-order valence-electron chi connectivity index (χ0n) is 42.1. The highest BCUT2D eigenvalue weighted by molar-refractivity contribution is 6.02. The minimum absolute atomic E-state index is 0.00954. The lowest BCUT2D eigenvalue weighted by molar-refractivity contribution is -0.164. The molecule has 3 atom stereocenters. The number of carbonyl (C=O) groups is 4. The molecule has 8 rings (SSSR count). The highest BCUT2D eigenvalue weighted by atomic mass is 19.4. The Kier molecular flexibility index (Phi) is 15.0. The van der Waals surface area contributed by atoms with Crippen LogP contribution in [0.15, 0.2) is 84.9 Å². The SMILES string of the molecule is CC(C)[C@@H](C(=O)N1C[C@H](O)C[C@H]1C(=O)NCc1ccc(C#N)cc1)N1Cc2ccc(N3CCN(CCCc4ccc(C(=O)N[C@H]5C(C)(C)[C@H](Oc6ccc(C#N)c(C(F)(F)F)c6)C5(C)C)cc4)CC3)cc2C1=O. The maximum atomic E-state index is 14.3. The van der Waals surface area contributed by atoms with E-state index in [-0.39, 0.29) is 61.5 Å². The Balaban J connectivity index is 0.795. The third kappa shape index (κ3) is 10.9. The minimum atomic E-state index is -4.71. The van der Waals surface area contributed by atoms with Crippen LogP contribution < -0.4 is 20.3 Å². The van der Waals surface area contributed by atoms with Crippen LogP contribution in [0, 0.1) is 39.4 Å². The molecule has 14 nitrogen and oxygen atoms in total. The third-order valence-electron chi connectivity index (χ3n) is 15.2. The van der Waals surface area contributed by atoms with Crippen LogP contribution in [-0.2, 0) is 35.3 Å². The zero-order chi connectivity index (χ0) is 52.6. The van der Waals surface area contributed by atoms with Crippen LogP contribution in [0.4, 0.5) is 18.9 Å². The van der Waals surface area contributed by atoms with Gasteiger partial charge in [0, 0.05) is 85.9 Å². The summed E-state index contributed by atoms with van der Waals surface area (Å²) < 4.78 is 47.0. The topological polar surface area (TPSA) is 182 Å². The average molecular weight is 1000 g/mol. The second kappa shape index (κ2) is 20.9. The van der Waals surface area contributed by atoms with E-state index in [9.17, 15) is 42.7 Å². The van der Waals surface area contributed by atoms with Crippen LogP contribution in [0.5, 0.6) is 5.75 Å². The lowest BCUT2D eigenvalue weighted by Crippen LogP contribution is -2.74. The van der Waals surface area contributed by atoms with E-state index in [0.29, 0.717) is 16.7 Å². The zero-order valence-corrected chi connectivity index (χ0v) is 42.1. The molecular weight excluding hydrogens is 938 g/mol. The van der Waals surface area contributed by atoms with Gasteiger partial charge in [0.2, 0.25) is 11.8 Å². The molecule has 1 aliphatic carbocycles. The number of ether oxygens (including phenoxy) is 1. The van der Waals surface area contributed by atoms with Crippen molar-refractivity contribution in [3.63, 3.8) is 0 Å². The van der Waals surface area contributed by atoms with Crippen molar-refractivity contribution in [2.75, 3.05) is 44.2 Å².